The molecule has 0 aliphatic rings. The van der Waals surface area contributed by atoms with Crippen LogP contribution in [0.2, 0.25) is 0 Å². The quantitative estimate of drug-likeness (QED) is 0.769. The van der Waals surface area contributed by atoms with Crippen LogP contribution in [0.15, 0.2) is 24.3 Å². The van der Waals surface area contributed by atoms with E-state index in [1.54, 1.807) is 0 Å². The van der Waals surface area contributed by atoms with Gasteiger partial charge < -0.3 is 10.2 Å². The third kappa shape index (κ3) is 5.33. The zero-order chi connectivity index (χ0) is 14.3. The summed E-state index contributed by atoms with van der Waals surface area (Å²) in [5.41, 5.74) is 2.79. The van der Waals surface area contributed by atoms with Gasteiger partial charge in [-0.2, -0.15) is 0 Å². The van der Waals surface area contributed by atoms with E-state index in [1.807, 2.05) is 0 Å². The first kappa shape index (κ1) is 16.2. The monoisotopic (exact) mass is 262 g/mol. The van der Waals surface area contributed by atoms with Crippen molar-refractivity contribution >= 4 is 0 Å². The zero-order valence-electron chi connectivity index (χ0n) is 13.2. The van der Waals surface area contributed by atoms with E-state index in [2.05, 4.69) is 69.2 Å². The number of rotatable bonds is 8. The van der Waals surface area contributed by atoms with Crippen molar-refractivity contribution in [3.8, 4) is 0 Å². The molecule has 2 nitrogen and oxygen atoms in total. The molecule has 1 aromatic carbocycles. The predicted molar refractivity (Wildman–Crippen MR) is 84.6 cm³/mol. The van der Waals surface area contributed by atoms with Gasteiger partial charge >= 0.3 is 0 Å². The largest absolute Gasteiger partial charge is 0.309 e. The summed E-state index contributed by atoms with van der Waals surface area (Å²) in [4.78, 5) is 2.42. The molecule has 0 saturated heterocycles. The minimum absolute atomic E-state index is 0.427. The van der Waals surface area contributed by atoms with Crippen molar-refractivity contribution in [2.45, 2.75) is 52.6 Å². The summed E-state index contributed by atoms with van der Waals surface area (Å²) in [5.74, 6) is 0. The van der Waals surface area contributed by atoms with Gasteiger partial charge in [0.25, 0.3) is 0 Å². The van der Waals surface area contributed by atoms with E-state index in [-0.39, 0.29) is 0 Å². The second-order valence-corrected chi connectivity index (χ2v) is 5.51. The molecule has 108 valence electrons. The maximum Gasteiger partial charge on any atom is 0.0292 e. The van der Waals surface area contributed by atoms with Crippen molar-refractivity contribution in [1.82, 2.24) is 10.2 Å². The van der Waals surface area contributed by atoms with Gasteiger partial charge in [-0.1, -0.05) is 38.1 Å². The molecule has 2 heteroatoms. The van der Waals surface area contributed by atoms with Crippen LogP contribution in [0.5, 0.6) is 0 Å². The minimum Gasteiger partial charge on any atom is -0.309 e. The molecular formula is C17H30N2. The Kier molecular flexibility index (Phi) is 7.11. The van der Waals surface area contributed by atoms with Crippen LogP contribution in [0.4, 0.5) is 0 Å². The second kappa shape index (κ2) is 8.34. The maximum atomic E-state index is 3.60. The van der Waals surface area contributed by atoms with Crippen LogP contribution >= 0.6 is 0 Å². The van der Waals surface area contributed by atoms with Crippen molar-refractivity contribution in [3.63, 3.8) is 0 Å². The number of nitrogens with zero attached hydrogens (tertiary/aromatic N) is 1. The zero-order valence-corrected chi connectivity index (χ0v) is 13.2. The Bertz CT molecular complexity index is 345. The van der Waals surface area contributed by atoms with E-state index in [4.69, 9.17) is 0 Å². The highest BCUT2D eigenvalue weighted by molar-refractivity contribution is 5.24. The van der Waals surface area contributed by atoms with Gasteiger partial charge in [0.05, 0.1) is 0 Å². The van der Waals surface area contributed by atoms with Gasteiger partial charge in [0.1, 0.15) is 0 Å². The first-order valence-corrected chi connectivity index (χ1v) is 7.60. The van der Waals surface area contributed by atoms with Gasteiger partial charge in [-0.25, -0.2) is 0 Å². The van der Waals surface area contributed by atoms with Crippen LogP contribution in [-0.2, 0) is 6.42 Å². The lowest BCUT2D eigenvalue weighted by molar-refractivity contribution is 0.249. The molecule has 0 spiro atoms. The molecule has 0 saturated carbocycles. The third-order valence-electron chi connectivity index (χ3n) is 4.15. The van der Waals surface area contributed by atoms with Gasteiger partial charge in [-0.05, 0) is 44.9 Å². The van der Waals surface area contributed by atoms with Crippen LogP contribution in [0.1, 0.15) is 51.3 Å². The Morgan fingerprint density at radius 3 is 2.26 bits per heavy atom. The molecule has 0 bridgehead atoms. The van der Waals surface area contributed by atoms with Crippen LogP contribution in [-0.4, -0.2) is 31.1 Å². The Morgan fingerprint density at radius 1 is 1.11 bits per heavy atom. The van der Waals surface area contributed by atoms with Gasteiger partial charge in [-0.15, -0.1) is 0 Å². The second-order valence-electron chi connectivity index (χ2n) is 5.51. The SMILES string of the molecule is CCc1ccc(C(C)NCCN(C)C(C)CC)cc1. The number of hydrogen-bond acceptors (Lipinski definition) is 2. The standard InChI is InChI=1S/C17H30N2/c1-6-14(3)19(5)13-12-18-15(4)17-10-8-16(7-2)9-11-17/h8-11,14-15,18H,6-7,12-13H2,1-5H3. The summed E-state index contributed by atoms with van der Waals surface area (Å²) < 4.78 is 0. The smallest absolute Gasteiger partial charge is 0.0292 e. The highest BCUT2D eigenvalue weighted by Crippen LogP contribution is 2.13. The Labute approximate surface area is 119 Å². The fourth-order valence-corrected chi connectivity index (χ4v) is 2.15. The molecule has 1 rings (SSSR count). The van der Waals surface area contributed by atoms with Crippen molar-refractivity contribution in [2.24, 2.45) is 0 Å². The fourth-order valence-electron chi connectivity index (χ4n) is 2.15. The van der Waals surface area contributed by atoms with Crippen molar-refractivity contribution in [2.75, 3.05) is 20.1 Å². The van der Waals surface area contributed by atoms with Crippen molar-refractivity contribution < 1.29 is 0 Å². The fraction of sp³-hybridized carbons (Fsp3) is 0.647. The Hall–Kier alpha value is -0.860. The summed E-state index contributed by atoms with van der Waals surface area (Å²) in [6.07, 6.45) is 2.33. The van der Waals surface area contributed by atoms with E-state index in [1.165, 1.54) is 17.5 Å². The number of likely N-dealkylation sites (N-methyl/N-ethyl adjacent to an activating group) is 1. The summed E-state index contributed by atoms with van der Waals surface area (Å²) in [6.45, 7) is 11.1. The van der Waals surface area contributed by atoms with E-state index < -0.39 is 0 Å². The number of hydrogen-bond donors (Lipinski definition) is 1. The molecule has 0 aliphatic carbocycles. The number of aryl methyl sites for hydroxylation is 1. The number of benzene rings is 1. The molecule has 1 aromatic rings. The van der Waals surface area contributed by atoms with Gasteiger partial charge in [-0.3, -0.25) is 0 Å². The molecule has 19 heavy (non-hydrogen) atoms. The van der Waals surface area contributed by atoms with Gasteiger partial charge in [0.2, 0.25) is 0 Å². The predicted octanol–water partition coefficient (Wildman–Crippen LogP) is 3.63. The summed E-state index contributed by atoms with van der Waals surface area (Å²) in [7, 11) is 2.20. The summed E-state index contributed by atoms with van der Waals surface area (Å²) in [6, 6.07) is 10.1. The van der Waals surface area contributed by atoms with Crippen LogP contribution in [0, 0.1) is 0 Å². The van der Waals surface area contributed by atoms with Crippen LogP contribution in [0.25, 0.3) is 0 Å². The molecule has 1 N–H and O–H groups in total. The Balaban J connectivity index is 2.36. The first-order chi connectivity index (χ1) is 9.08. The molecule has 0 aromatic heterocycles. The molecule has 0 fully saturated rings. The lowest BCUT2D eigenvalue weighted by Crippen LogP contribution is -2.35. The number of nitrogens with one attached hydrogen (secondary N) is 1. The lowest BCUT2D eigenvalue weighted by atomic mass is 10.1. The normalized spacial score (nSPS) is 14.6. The molecule has 2 unspecified atom stereocenters. The van der Waals surface area contributed by atoms with Crippen molar-refractivity contribution in [3.05, 3.63) is 35.4 Å². The first-order valence-electron chi connectivity index (χ1n) is 7.60. The van der Waals surface area contributed by atoms with E-state index in [9.17, 15) is 0 Å². The minimum atomic E-state index is 0.427. The highest BCUT2D eigenvalue weighted by atomic mass is 15.1. The molecule has 0 amide bonds. The van der Waals surface area contributed by atoms with Gasteiger partial charge in [0.15, 0.2) is 0 Å². The van der Waals surface area contributed by atoms with Crippen LogP contribution in [0.3, 0.4) is 0 Å². The molecule has 0 radical (unpaired) electrons. The van der Waals surface area contributed by atoms with E-state index >= 15 is 0 Å². The topological polar surface area (TPSA) is 15.3 Å². The van der Waals surface area contributed by atoms with E-state index in [0.29, 0.717) is 12.1 Å². The lowest BCUT2D eigenvalue weighted by Gasteiger charge is -2.24. The van der Waals surface area contributed by atoms with Crippen molar-refractivity contribution in [1.29, 1.82) is 0 Å². The molecule has 0 heterocycles. The summed E-state index contributed by atoms with van der Waals surface area (Å²) >= 11 is 0. The van der Waals surface area contributed by atoms with Gasteiger partial charge in [0, 0.05) is 25.2 Å². The van der Waals surface area contributed by atoms with E-state index in [0.717, 1.165) is 19.5 Å². The molecular weight excluding hydrogens is 232 g/mol. The third-order valence-corrected chi connectivity index (χ3v) is 4.15. The highest BCUT2D eigenvalue weighted by Gasteiger charge is 2.08. The summed E-state index contributed by atoms with van der Waals surface area (Å²) in [5, 5.41) is 3.60. The average molecular weight is 262 g/mol. The maximum absolute atomic E-state index is 3.60. The average Bonchev–Trinajstić information content (AvgIpc) is 2.46. The van der Waals surface area contributed by atoms with Crippen LogP contribution < -0.4 is 5.32 Å². The Morgan fingerprint density at radius 2 is 1.74 bits per heavy atom. The molecule has 0 aliphatic heterocycles. The molecule has 2 atom stereocenters.